The van der Waals surface area contributed by atoms with Crippen LogP contribution in [0.3, 0.4) is 0 Å². The topological polar surface area (TPSA) is 58.4 Å². The third-order valence-corrected chi connectivity index (χ3v) is 4.71. The van der Waals surface area contributed by atoms with Crippen LogP contribution in [0.1, 0.15) is 25.3 Å². The Balaban J connectivity index is 2.14. The van der Waals surface area contributed by atoms with Crippen molar-refractivity contribution in [3.05, 3.63) is 32.3 Å². The number of piperidine rings is 1. The minimum Gasteiger partial charge on any atom is -0.381 e. The molecule has 0 amide bonds. The first kappa shape index (κ1) is 15.3. The van der Waals surface area contributed by atoms with Crippen LogP contribution in [-0.2, 0) is 0 Å². The van der Waals surface area contributed by atoms with Crippen molar-refractivity contribution >= 4 is 27.3 Å². The Morgan fingerprint density at radius 3 is 2.80 bits per heavy atom. The minimum atomic E-state index is -0.346. The van der Waals surface area contributed by atoms with Gasteiger partial charge in [-0.3, -0.25) is 10.1 Å². The Morgan fingerprint density at radius 1 is 1.50 bits per heavy atom. The zero-order valence-electron chi connectivity index (χ0n) is 12.0. The van der Waals surface area contributed by atoms with Crippen LogP contribution in [-0.4, -0.2) is 35.5 Å². The highest BCUT2D eigenvalue weighted by molar-refractivity contribution is 9.10. The maximum absolute atomic E-state index is 10.9. The average molecular weight is 342 g/mol. The van der Waals surface area contributed by atoms with Crippen molar-refractivity contribution in [2.75, 3.05) is 18.9 Å². The zero-order valence-corrected chi connectivity index (χ0v) is 13.6. The van der Waals surface area contributed by atoms with Crippen molar-refractivity contribution in [1.29, 1.82) is 0 Å². The monoisotopic (exact) mass is 341 g/mol. The van der Waals surface area contributed by atoms with E-state index in [1.54, 1.807) is 13.0 Å². The van der Waals surface area contributed by atoms with Gasteiger partial charge in [0.25, 0.3) is 5.69 Å². The molecule has 6 heteroatoms. The van der Waals surface area contributed by atoms with Crippen LogP contribution in [0.15, 0.2) is 16.6 Å². The lowest BCUT2D eigenvalue weighted by Crippen LogP contribution is -2.42. The number of aryl methyl sites for hydroxylation is 1. The Hall–Kier alpha value is -1.14. The smallest absolute Gasteiger partial charge is 0.273 e. The molecule has 0 aliphatic carbocycles. The van der Waals surface area contributed by atoms with Crippen LogP contribution < -0.4 is 5.32 Å². The molecule has 2 rings (SSSR count). The summed E-state index contributed by atoms with van der Waals surface area (Å²) in [6.07, 6.45) is 2.17. The number of likely N-dealkylation sites (tertiary alicyclic amines) is 1. The molecular formula is C14H20BrN3O2. The van der Waals surface area contributed by atoms with Crippen LogP contribution in [0.5, 0.6) is 0 Å². The number of benzene rings is 1. The summed E-state index contributed by atoms with van der Waals surface area (Å²) >= 11 is 3.43. The highest BCUT2D eigenvalue weighted by Crippen LogP contribution is 2.32. The van der Waals surface area contributed by atoms with Gasteiger partial charge in [0, 0.05) is 40.4 Å². The first-order valence-electron chi connectivity index (χ1n) is 6.79. The van der Waals surface area contributed by atoms with Crippen molar-refractivity contribution in [2.24, 2.45) is 0 Å². The second-order valence-corrected chi connectivity index (χ2v) is 6.43. The fourth-order valence-corrected chi connectivity index (χ4v) is 3.06. The summed E-state index contributed by atoms with van der Waals surface area (Å²) in [4.78, 5) is 12.9. The van der Waals surface area contributed by atoms with E-state index in [-0.39, 0.29) is 10.6 Å². The molecule has 0 spiro atoms. The van der Waals surface area contributed by atoms with Crippen molar-refractivity contribution < 1.29 is 4.92 Å². The highest BCUT2D eigenvalue weighted by atomic mass is 79.9. The molecule has 1 fully saturated rings. The van der Waals surface area contributed by atoms with Crippen LogP contribution in [0.25, 0.3) is 0 Å². The fraction of sp³-hybridized carbons (Fsp3) is 0.571. The number of nitro benzene ring substituents is 1. The van der Waals surface area contributed by atoms with E-state index in [1.807, 2.05) is 6.07 Å². The Morgan fingerprint density at radius 2 is 2.20 bits per heavy atom. The van der Waals surface area contributed by atoms with E-state index >= 15 is 0 Å². The standard InChI is InChI=1S/C14H20BrN3O2/c1-9-6-13(12(15)8-14(9)18(19)20)16-11-4-5-17(3)10(2)7-11/h6,8,10-11,16H,4-5,7H2,1-3H3. The molecule has 0 radical (unpaired) electrons. The van der Waals surface area contributed by atoms with E-state index in [1.165, 1.54) is 0 Å². The summed E-state index contributed by atoms with van der Waals surface area (Å²) in [5.74, 6) is 0. The molecule has 1 N–H and O–H groups in total. The normalized spacial score (nSPS) is 23.6. The summed E-state index contributed by atoms with van der Waals surface area (Å²) in [5.41, 5.74) is 1.77. The molecular weight excluding hydrogens is 322 g/mol. The van der Waals surface area contributed by atoms with Gasteiger partial charge >= 0.3 is 0 Å². The largest absolute Gasteiger partial charge is 0.381 e. The molecule has 0 saturated carbocycles. The van der Waals surface area contributed by atoms with Gasteiger partial charge in [-0.2, -0.15) is 0 Å². The van der Waals surface area contributed by atoms with Crippen molar-refractivity contribution in [3.8, 4) is 0 Å². The number of rotatable bonds is 3. The van der Waals surface area contributed by atoms with Gasteiger partial charge in [0.2, 0.25) is 0 Å². The molecule has 20 heavy (non-hydrogen) atoms. The number of hydrogen-bond donors (Lipinski definition) is 1. The molecule has 110 valence electrons. The van der Waals surface area contributed by atoms with Crippen LogP contribution in [0.2, 0.25) is 0 Å². The summed E-state index contributed by atoms with van der Waals surface area (Å²) in [6.45, 7) is 5.07. The number of nitro groups is 1. The second-order valence-electron chi connectivity index (χ2n) is 5.57. The quantitative estimate of drug-likeness (QED) is 0.674. The lowest BCUT2D eigenvalue weighted by molar-refractivity contribution is -0.385. The third kappa shape index (κ3) is 3.30. The summed E-state index contributed by atoms with van der Waals surface area (Å²) < 4.78 is 0.751. The van der Waals surface area contributed by atoms with Gasteiger partial charge in [-0.05, 0) is 55.7 Å². The highest BCUT2D eigenvalue weighted by Gasteiger charge is 2.23. The van der Waals surface area contributed by atoms with Crippen molar-refractivity contribution in [1.82, 2.24) is 4.90 Å². The van der Waals surface area contributed by atoms with E-state index in [9.17, 15) is 10.1 Å². The number of nitrogens with zero attached hydrogens (tertiary/aromatic N) is 2. The van der Waals surface area contributed by atoms with Crippen molar-refractivity contribution in [3.63, 3.8) is 0 Å². The molecule has 2 unspecified atom stereocenters. The number of anilines is 1. The summed E-state index contributed by atoms with van der Waals surface area (Å²) in [7, 11) is 2.15. The summed E-state index contributed by atoms with van der Waals surface area (Å²) in [5, 5.41) is 14.4. The van der Waals surface area contributed by atoms with Gasteiger partial charge in [0.05, 0.1) is 4.92 Å². The number of halogens is 1. The predicted octanol–water partition coefficient (Wildman–Crippen LogP) is 3.56. The minimum absolute atomic E-state index is 0.152. The van der Waals surface area contributed by atoms with E-state index in [2.05, 4.69) is 40.1 Å². The fourth-order valence-electron chi connectivity index (χ4n) is 2.62. The van der Waals surface area contributed by atoms with Gasteiger partial charge in [0.15, 0.2) is 0 Å². The lowest BCUT2D eigenvalue weighted by atomic mass is 9.98. The molecule has 5 nitrogen and oxygen atoms in total. The molecule has 1 aliphatic heterocycles. The third-order valence-electron chi connectivity index (χ3n) is 4.05. The Kier molecular flexibility index (Phi) is 4.65. The first-order chi connectivity index (χ1) is 9.38. The molecule has 1 heterocycles. The van der Waals surface area contributed by atoms with E-state index < -0.39 is 0 Å². The van der Waals surface area contributed by atoms with Gasteiger partial charge < -0.3 is 10.2 Å². The Labute approximate surface area is 127 Å². The zero-order chi connectivity index (χ0) is 14.9. The SMILES string of the molecule is Cc1cc(NC2CCN(C)C(C)C2)c(Br)cc1[N+](=O)[O-]. The van der Waals surface area contributed by atoms with E-state index in [0.717, 1.165) is 29.5 Å². The van der Waals surface area contributed by atoms with Crippen LogP contribution in [0.4, 0.5) is 11.4 Å². The summed E-state index contributed by atoms with van der Waals surface area (Å²) in [6, 6.07) is 4.40. The van der Waals surface area contributed by atoms with Gasteiger partial charge in [-0.25, -0.2) is 0 Å². The number of nitrogens with one attached hydrogen (secondary N) is 1. The molecule has 1 saturated heterocycles. The van der Waals surface area contributed by atoms with E-state index in [4.69, 9.17) is 0 Å². The lowest BCUT2D eigenvalue weighted by Gasteiger charge is -2.36. The van der Waals surface area contributed by atoms with Crippen LogP contribution in [0, 0.1) is 17.0 Å². The van der Waals surface area contributed by atoms with Gasteiger partial charge in [-0.15, -0.1) is 0 Å². The maximum Gasteiger partial charge on any atom is 0.273 e. The Bertz CT molecular complexity index is 521. The molecule has 0 aromatic heterocycles. The van der Waals surface area contributed by atoms with Gasteiger partial charge in [-0.1, -0.05) is 0 Å². The molecule has 1 aromatic rings. The maximum atomic E-state index is 10.9. The molecule has 0 bridgehead atoms. The second kappa shape index (κ2) is 6.10. The predicted molar refractivity (Wildman–Crippen MR) is 84.3 cm³/mol. The average Bonchev–Trinajstić information content (AvgIpc) is 2.37. The molecule has 1 aromatic carbocycles. The van der Waals surface area contributed by atoms with Gasteiger partial charge in [0.1, 0.15) is 0 Å². The molecule has 1 aliphatic rings. The number of hydrogen-bond acceptors (Lipinski definition) is 4. The molecule has 2 atom stereocenters. The van der Waals surface area contributed by atoms with Crippen molar-refractivity contribution in [2.45, 2.75) is 38.8 Å². The van der Waals surface area contributed by atoms with E-state index in [0.29, 0.717) is 17.6 Å². The van der Waals surface area contributed by atoms with Crippen LogP contribution >= 0.6 is 15.9 Å². The first-order valence-corrected chi connectivity index (χ1v) is 7.59.